The number of benzene rings is 2. The maximum atomic E-state index is 12.8. The van der Waals surface area contributed by atoms with Crippen LogP contribution in [0.2, 0.25) is 0 Å². The highest BCUT2D eigenvalue weighted by atomic mass is 16.5. The Morgan fingerprint density at radius 2 is 1.67 bits per heavy atom. The third kappa shape index (κ3) is 1.89. The molecular weight excluding hydrogens is 272 g/mol. The van der Waals surface area contributed by atoms with Gasteiger partial charge in [-0.1, -0.05) is 6.07 Å². The fourth-order valence-electron chi connectivity index (χ4n) is 2.41. The molecule has 0 spiro atoms. The van der Waals surface area contributed by atoms with E-state index >= 15 is 0 Å². The Hall–Kier alpha value is -2.69. The van der Waals surface area contributed by atoms with Gasteiger partial charge < -0.3 is 18.6 Å². The normalized spacial score (nSPS) is 10.8. The molecule has 1 heterocycles. The molecule has 0 radical (unpaired) electrons. The lowest BCUT2D eigenvalue weighted by Crippen LogP contribution is -2.05. The minimum Gasteiger partial charge on any atom is -0.493 e. The number of methoxy groups -OCH3 is 3. The van der Waals surface area contributed by atoms with E-state index < -0.39 is 0 Å². The maximum Gasteiger partial charge on any atom is 0.204 e. The van der Waals surface area contributed by atoms with Crippen LogP contribution in [0.3, 0.4) is 0 Å². The Bertz CT molecular complexity index is 879. The van der Waals surface area contributed by atoms with Crippen LogP contribution in [0, 0.1) is 0 Å². The van der Waals surface area contributed by atoms with Gasteiger partial charge in [-0.3, -0.25) is 4.79 Å². The molecule has 1 aromatic heterocycles. The number of hydrogen-bond donors (Lipinski definition) is 0. The van der Waals surface area contributed by atoms with Gasteiger partial charge >= 0.3 is 0 Å². The molecule has 5 nitrogen and oxygen atoms in total. The van der Waals surface area contributed by atoms with E-state index in [-0.39, 0.29) is 5.43 Å². The van der Waals surface area contributed by atoms with Crippen LogP contribution in [0.4, 0.5) is 0 Å². The zero-order valence-electron chi connectivity index (χ0n) is 11.9. The smallest absolute Gasteiger partial charge is 0.204 e. The topological polar surface area (TPSA) is 57.9 Å². The van der Waals surface area contributed by atoms with Crippen LogP contribution >= 0.6 is 0 Å². The van der Waals surface area contributed by atoms with E-state index in [9.17, 15) is 4.79 Å². The fraction of sp³-hybridized carbons (Fsp3) is 0.188. The first-order valence-electron chi connectivity index (χ1n) is 6.35. The summed E-state index contributed by atoms with van der Waals surface area (Å²) < 4.78 is 21.6. The minimum absolute atomic E-state index is 0.180. The van der Waals surface area contributed by atoms with Crippen LogP contribution in [0.25, 0.3) is 21.9 Å². The van der Waals surface area contributed by atoms with Crippen LogP contribution in [0.15, 0.2) is 39.5 Å². The average Bonchev–Trinajstić information content (AvgIpc) is 2.53. The maximum absolute atomic E-state index is 12.8. The summed E-state index contributed by atoms with van der Waals surface area (Å²) in [5.74, 6) is 1.37. The van der Waals surface area contributed by atoms with Crippen LogP contribution in [0.5, 0.6) is 17.2 Å². The SMILES string of the molecule is COc1ccc2oc3c(OC)cccc3c(=O)c2c1OC. The first kappa shape index (κ1) is 13.3. The molecule has 0 aliphatic carbocycles. The molecule has 0 aliphatic rings. The molecular formula is C16H14O5. The van der Waals surface area contributed by atoms with Gasteiger partial charge in [0.05, 0.1) is 26.7 Å². The van der Waals surface area contributed by atoms with Gasteiger partial charge in [0, 0.05) is 0 Å². The quantitative estimate of drug-likeness (QED) is 0.693. The van der Waals surface area contributed by atoms with Crippen molar-refractivity contribution < 1.29 is 18.6 Å². The first-order valence-corrected chi connectivity index (χ1v) is 6.35. The molecule has 0 aliphatic heterocycles. The van der Waals surface area contributed by atoms with Gasteiger partial charge in [0.2, 0.25) is 5.43 Å². The molecule has 5 heteroatoms. The van der Waals surface area contributed by atoms with Gasteiger partial charge in [-0.25, -0.2) is 0 Å². The standard InChI is InChI=1S/C16H14O5/c1-18-11-6-4-5-9-14(17)13-10(21-15(9)11)7-8-12(19-2)16(13)20-3/h4-8H,1-3H3. The molecule has 0 atom stereocenters. The predicted molar refractivity (Wildman–Crippen MR) is 79.6 cm³/mol. The van der Waals surface area contributed by atoms with Crippen molar-refractivity contribution in [2.75, 3.05) is 21.3 Å². The summed E-state index contributed by atoms with van der Waals surface area (Å²) in [6, 6.07) is 8.58. The molecule has 0 saturated carbocycles. The molecule has 0 N–H and O–H groups in total. The molecule has 0 bridgehead atoms. The number of fused-ring (bicyclic) bond motifs is 2. The molecule has 3 aromatic rings. The molecule has 0 amide bonds. The second kappa shape index (κ2) is 5.01. The Balaban J connectivity index is 2.54. The summed E-state index contributed by atoms with van der Waals surface area (Å²) in [5, 5.41) is 0.797. The van der Waals surface area contributed by atoms with Gasteiger partial charge in [-0.2, -0.15) is 0 Å². The number of para-hydroxylation sites is 1. The van der Waals surface area contributed by atoms with E-state index in [0.29, 0.717) is 39.2 Å². The molecule has 0 unspecified atom stereocenters. The summed E-state index contributed by atoms with van der Waals surface area (Å²) in [6.45, 7) is 0. The monoisotopic (exact) mass is 286 g/mol. The van der Waals surface area contributed by atoms with Gasteiger partial charge in [0.15, 0.2) is 22.8 Å². The van der Waals surface area contributed by atoms with E-state index in [1.807, 2.05) is 0 Å². The average molecular weight is 286 g/mol. The van der Waals surface area contributed by atoms with Crippen molar-refractivity contribution in [1.82, 2.24) is 0 Å². The van der Waals surface area contributed by atoms with Crippen molar-refractivity contribution >= 4 is 21.9 Å². The van der Waals surface area contributed by atoms with Gasteiger partial charge in [0.1, 0.15) is 11.0 Å². The Labute approximate surface area is 120 Å². The van der Waals surface area contributed by atoms with Crippen LogP contribution in [0.1, 0.15) is 0 Å². The highest BCUT2D eigenvalue weighted by Crippen LogP contribution is 2.36. The van der Waals surface area contributed by atoms with Gasteiger partial charge in [-0.15, -0.1) is 0 Å². The molecule has 2 aromatic carbocycles. The first-order chi connectivity index (χ1) is 10.2. The van der Waals surface area contributed by atoms with Crippen molar-refractivity contribution in [2.45, 2.75) is 0 Å². The van der Waals surface area contributed by atoms with Crippen molar-refractivity contribution in [1.29, 1.82) is 0 Å². The molecule has 0 fully saturated rings. The van der Waals surface area contributed by atoms with Gasteiger partial charge in [-0.05, 0) is 24.3 Å². The van der Waals surface area contributed by atoms with Crippen molar-refractivity contribution in [3.05, 3.63) is 40.6 Å². The van der Waals surface area contributed by atoms with Crippen LogP contribution in [-0.4, -0.2) is 21.3 Å². The highest BCUT2D eigenvalue weighted by Gasteiger charge is 2.17. The lowest BCUT2D eigenvalue weighted by Gasteiger charge is -2.11. The largest absolute Gasteiger partial charge is 0.493 e. The van der Waals surface area contributed by atoms with E-state index in [0.717, 1.165) is 0 Å². The number of rotatable bonds is 3. The Morgan fingerprint density at radius 3 is 2.33 bits per heavy atom. The summed E-state index contributed by atoms with van der Waals surface area (Å²) >= 11 is 0. The summed E-state index contributed by atoms with van der Waals surface area (Å²) in [7, 11) is 4.55. The van der Waals surface area contributed by atoms with E-state index in [2.05, 4.69) is 0 Å². The second-order valence-electron chi connectivity index (χ2n) is 4.44. The van der Waals surface area contributed by atoms with Crippen molar-refractivity contribution in [3.8, 4) is 17.2 Å². The van der Waals surface area contributed by atoms with Crippen molar-refractivity contribution in [3.63, 3.8) is 0 Å². The molecule has 21 heavy (non-hydrogen) atoms. The van der Waals surface area contributed by atoms with E-state index in [1.54, 1.807) is 30.3 Å². The van der Waals surface area contributed by atoms with E-state index in [1.165, 1.54) is 21.3 Å². The summed E-state index contributed by atoms with van der Waals surface area (Å²) in [6.07, 6.45) is 0. The lowest BCUT2D eigenvalue weighted by atomic mass is 10.1. The highest BCUT2D eigenvalue weighted by molar-refractivity contribution is 5.96. The predicted octanol–water partition coefficient (Wildman–Crippen LogP) is 2.97. The van der Waals surface area contributed by atoms with E-state index in [4.69, 9.17) is 18.6 Å². The van der Waals surface area contributed by atoms with Gasteiger partial charge in [0.25, 0.3) is 0 Å². The van der Waals surface area contributed by atoms with Crippen LogP contribution in [-0.2, 0) is 0 Å². The molecule has 0 saturated heterocycles. The third-order valence-electron chi connectivity index (χ3n) is 3.39. The Morgan fingerprint density at radius 1 is 0.905 bits per heavy atom. The number of ether oxygens (including phenoxy) is 3. The zero-order valence-corrected chi connectivity index (χ0v) is 11.9. The van der Waals surface area contributed by atoms with Crippen LogP contribution < -0.4 is 19.6 Å². The fourth-order valence-corrected chi connectivity index (χ4v) is 2.41. The Kier molecular flexibility index (Phi) is 3.17. The third-order valence-corrected chi connectivity index (χ3v) is 3.39. The summed E-state index contributed by atoms with van der Waals surface area (Å²) in [5.41, 5.74) is 0.667. The second-order valence-corrected chi connectivity index (χ2v) is 4.44. The lowest BCUT2D eigenvalue weighted by molar-refractivity contribution is 0.358. The summed E-state index contributed by atoms with van der Waals surface area (Å²) in [4.78, 5) is 12.8. The minimum atomic E-state index is -0.180. The number of hydrogen-bond acceptors (Lipinski definition) is 5. The molecule has 108 valence electrons. The molecule has 3 rings (SSSR count). The zero-order chi connectivity index (χ0) is 15.0. The van der Waals surface area contributed by atoms with Crippen molar-refractivity contribution in [2.24, 2.45) is 0 Å².